The Morgan fingerprint density at radius 1 is 1.47 bits per heavy atom. The molecule has 1 atom stereocenters. The molecule has 0 saturated heterocycles. The molecule has 0 fully saturated rings. The molecule has 1 aromatic rings. The highest BCUT2D eigenvalue weighted by Crippen LogP contribution is 2.34. The predicted molar refractivity (Wildman–Crippen MR) is 58.1 cm³/mol. The molecule has 0 bridgehead atoms. The van der Waals surface area contributed by atoms with E-state index in [9.17, 15) is 4.79 Å². The van der Waals surface area contributed by atoms with Crippen molar-refractivity contribution >= 4 is 11.6 Å². The molecule has 1 unspecified atom stereocenters. The van der Waals surface area contributed by atoms with Crippen molar-refractivity contribution in [3.63, 3.8) is 0 Å². The number of ketones is 1. The summed E-state index contributed by atoms with van der Waals surface area (Å²) in [7, 11) is 3.87. The second-order valence-electron chi connectivity index (χ2n) is 4.06. The van der Waals surface area contributed by atoms with Gasteiger partial charge in [0.15, 0.2) is 0 Å². The summed E-state index contributed by atoms with van der Waals surface area (Å²) in [4.78, 5) is 22.1. The Kier molecular flexibility index (Phi) is 2.42. The number of anilines is 1. The minimum Gasteiger partial charge on any atom is -0.362 e. The molecule has 0 aliphatic heterocycles. The molecule has 1 heterocycles. The molecule has 4 nitrogen and oxygen atoms in total. The van der Waals surface area contributed by atoms with Crippen molar-refractivity contribution in [3.05, 3.63) is 17.6 Å². The topological polar surface area (TPSA) is 46.1 Å². The van der Waals surface area contributed by atoms with Crippen molar-refractivity contribution in [2.75, 3.05) is 19.0 Å². The first kappa shape index (κ1) is 10.1. The molecule has 80 valence electrons. The van der Waals surface area contributed by atoms with Gasteiger partial charge in [0, 0.05) is 26.1 Å². The van der Waals surface area contributed by atoms with E-state index in [1.807, 2.05) is 25.9 Å². The molecule has 0 radical (unpaired) electrons. The summed E-state index contributed by atoms with van der Waals surface area (Å²) in [5, 5.41) is 0. The molecular formula is C11H15N3O. The van der Waals surface area contributed by atoms with Gasteiger partial charge in [0.1, 0.15) is 17.9 Å². The quantitative estimate of drug-likeness (QED) is 0.727. The fraction of sp³-hybridized carbons (Fsp3) is 0.545. The highest BCUT2D eigenvalue weighted by atomic mass is 16.1. The molecule has 1 aliphatic rings. The second-order valence-corrected chi connectivity index (χ2v) is 4.06. The van der Waals surface area contributed by atoms with Gasteiger partial charge >= 0.3 is 0 Å². The third kappa shape index (κ3) is 1.50. The largest absolute Gasteiger partial charge is 0.362 e. The molecule has 4 heteroatoms. The Labute approximate surface area is 89.3 Å². The third-order valence-corrected chi connectivity index (χ3v) is 2.86. The van der Waals surface area contributed by atoms with E-state index in [0.717, 1.165) is 23.5 Å². The SMILES string of the molecule is CCC1C(=O)Cc2c1ncnc2N(C)C. The standard InChI is InChI=1S/C11H15N3O/c1-4-7-9(15)5-8-10(7)12-6-13-11(8)14(2)3/h6-7H,4-5H2,1-3H3. The lowest BCUT2D eigenvalue weighted by Crippen LogP contribution is -2.14. The van der Waals surface area contributed by atoms with Crippen LogP contribution in [-0.4, -0.2) is 29.8 Å². The van der Waals surface area contributed by atoms with Gasteiger partial charge in [-0.1, -0.05) is 6.92 Å². The minimum atomic E-state index is -0.0123. The number of fused-ring (bicyclic) bond motifs is 1. The van der Waals surface area contributed by atoms with Gasteiger partial charge in [-0.15, -0.1) is 0 Å². The summed E-state index contributed by atoms with van der Waals surface area (Å²) in [5.74, 6) is 1.14. The van der Waals surface area contributed by atoms with E-state index in [1.165, 1.54) is 0 Å². The van der Waals surface area contributed by atoms with E-state index in [0.29, 0.717) is 6.42 Å². The molecule has 0 spiro atoms. The van der Waals surface area contributed by atoms with Crippen LogP contribution >= 0.6 is 0 Å². The van der Waals surface area contributed by atoms with Crippen LogP contribution in [-0.2, 0) is 11.2 Å². The summed E-state index contributed by atoms with van der Waals surface area (Å²) in [6.07, 6.45) is 2.87. The average molecular weight is 205 g/mol. The maximum Gasteiger partial charge on any atom is 0.146 e. The summed E-state index contributed by atoms with van der Waals surface area (Å²) in [6.45, 7) is 2.02. The monoisotopic (exact) mass is 205 g/mol. The number of hydrogen-bond acceptors (Lipinski definition) is 4. The van der Waals surface area contributed by atoms with Gasteiger partial charge in [-0.25, -0.2) is 9.97 Å². The van der Waals surface area contributed by atoms with Crippen molar-refractivity contribution in [2.45, 2.75) is 25.7 Å². The van der Waals surface area contributed by atoms with Crippen molar-refractivity contribution < 1.29 is 4.79 Å². The van der Waals surface area contributed by atoms with Crippen LogP contribution in [0.1, 0.15) is 30.5 Å². The number of nitrogens with zero attached hydrogens (tertiary/aromatic N) is 3. The zero-order valence-corrected chi connectivity index (χ0v) is 9.32. The van der Waals surface area contributed by atoms with Gasteiger partial charge in [0.2, 0.25) is 0 Å². The van der Waals surface area contributed by atoms with E-state index in [2.05, 4.69) is 9.97 Å². The second kappa shape index (κ2) is 3.61. The molecule has 2 rings (SSSR count). The molecule has 15 heavy (non-hydrogen) atoms. The molecule has 1 aliphatic carbocycles. The number of rotatable bonds is 2. The predicted octanol–water partition coefficient (Wildman–Crippen LogP) is 1.16. The fourth-order valence-electron chi connectivity index (χ4n) is 2.14. The van der Waals surface area contributed by atoms with E-state index >= 15 is 0 Å². The van der Waals surface area contributed by atoms with Crippen LogP contribution in [0.15, 0.2) is 6.33 Å². The highest BCUT2D eigenvalue weighted by Gasteiger charge is 2.33. The lowest BCUT2D eigenvalue weighted by Gasteiger charge is -2.14. The lowest BCUT2D eigenvalue weighted by molar-refractivity contribution is -0.119. The zero-order chi connectivity index (χ0) is 11.0. The first-order chi connectivity index (χ1) is 7.15. The van der Waals surface area contributed by atoms with Gasteiger partial charge in [0.05, 0.1) is 11.6 Å². The Morgan fingerprint density at radius 2 is 2.20 bits per heavy atom. The smallest absolute Gasteiger partial charge is 0.146 e. The van der Waals surface area contributed by atoms with Crippen LogP contribution < -0.4 is 4.90 Å². The Balaban J connectivity index is 2.52. The van der Waals surface area contributed by atoms with Crippen molar-refractivity contribution in [3.8, 4) is 0 Å². The zero-order valence-electron chi connectivity index (χ0n) is 9.32. The van der Waals surface area contributed by atoms with Crippen molar-refractivity contribution in [1.29, 1.82) is 0 Å². The van der Waals surface area contributed by atoms with Crippen LogP contribution in [0.2, 0.25) is 0 Å². The van der Waals surface area contributed by atoms with E-state index < -0.39 is 0 Å². The van der Waals surface area contributed by atoms with Gasteiger partial charge in [-0.2, -0.15) is 0 Å². The summed E-state index contributed by atoms with van der Waals surface area (Å²) in [6, 6.07) is 0. The fourth-order valence-corrected chi connectivity index (χ4v) is 2.14. The lowest BCUT2D eigenvalue weighted by atomic mass is 10.0. The average Bonchev–Trinajstić information content (AvgIpc) is 2.52. The van der Waals surface area contributed by atoms with Crippen LogP contribution in [0.3, 0.4) is 0 Å². The third-order valence-electron chi connectivity index (χ3n) is 2.86. The van der Waals surface area contributed by atoms with Crippen LogP contribution in [0.25, 0.3) is 0 Å². The van der Waals surface area contributed by atoms with Gasteiger partial charge in [-0.05, 0) is 6.42 Å². The molecule has 0 aromatic carbocycles. The Hall–Kier alpha value is -1.45. The van der Waals surface area contributed by atoms with E-state index in [-0.39, 0.29) is 11.7 Å². The number of hydrogen-bond donors (Lipinski definition) is 0. The summed E-state index contributed by atoms with van der Waals surface area (Å²) < 4.78 is 0. The number of carbonyl (C=O) groups is 1. The Morgan fingerprint density at radius 3 is 2.80 bits per heavy atom. The molecule has 0 N–H and O–H groups in total. The first-order valence-corrected chi connectivity index (χ1v) is 5.19. The normalized spacial score (nSPS) is 19.1. The maximum absolute atomic E-state index is 11.8. The van der Waals surface area contributed by atoms with Crippen molar-refractivity contribution in [1.82, 2.24) is 9.97 Å². The first-order valence-electron chi connectivity index (χ1n) is 5.19. The molecular weight excluding hydrogens is 190 g/mol. The van der Waals surface area contributed by atoms with Crippen molar-refractivity contribution in [2.24, 2.45) is 0 Å². The minimum absolute atomic E-state index is 0.0123. The van der Waals surface area contributed by atoms with Gasteiger partial charge in [0.25, 0.3) is 0 Å². The summed E-state index contributed by atoms with van der Waals surface area (Å²) in [5.41, 5.74) is 1.94. The highest BCUT2D eigenvalue weighted by molar-refractivity contribution is 5.93. The number of aromatic nitrogens is 2. The van der Waals surface area contributed by atoms with Crippen LogP contribution in [0.5, 0.6) is 0 Å². The summed E-state index contributed by atoms with van der Waals surface area (Å²) >= 11 is 0. The van der Waals surface area contributed by atoms with Crippen LogP contribution in [0.4, 0.5) is 5.82 Å². The molecule has 0 amide bonds. The van der Waals surface area contributed by atoms with E-state index in [1.54, 1.807) is 6.33 Å². The molecule has 1 aromatic heterocycles. The Bertz CT molecular complexity index is 401. The number of carbonyl (C=O) groups excluding carboxylic acids is 1. The van der Waals surface area contributed by atoms with E-state index in [4.69, 9.17) is 0 Å². The molecule has 0 saturated carbocycles. The van der Waals surface area contributed by atoms with Gasteiger partial charge in [-0.3, -0.25) is 4.79 Å². The van der Waals surface area contributed by atoms with Gasteiger partial charge < -0.3 is 4.90 Å². The number of Topliss-reactive ketones (excluding diaryl/α,β-unsaturated/α-hetero) is 1. The van der Waals surface area contributed by atoms with Crippen LogP contribution in [0, 0.1) is 0 Å². The maximum atomic E-state index is 11.8.